The number of nitrogens with one attached hydrogen (secondary N) is 2. The van der Waals surface area contributed by atoms with Crippen LogP contribution < -0.4 is 0 Å². The Morgan fingerprint density at radius 3 is 2.19 bits per heavy atom. The number of nitro groups is 1. The van der Waals surface area contributed by atoms with E-state index < -0.39 is 4.92 Å². The summed E-state index contributed by atoms with van der Waals surface area (Å²) in [5.41, 5.74) is 4.71. The van der Waals surface area contributed by atoms with Crippen LogP contribution >= 0.6 is 0 Å². The molecule has 3 aromatic heterocycles. The van der Waals surface area contributed by atoms with Crippen molar-refractivity contribution in [2.75, 3.05) is 0 Å². The first-order valence-corrected chi connectivity index (χ1v) is 8.23. The molecule has 2 aromatic carbocycles. The van der Waals surface area contributed by atoms with Crippen molar-refractivity contribution in [2.24, 2.45) is 0 Å². The molecule has 0 saturated heterocycles. The Morgan fingerprint density at radius 1 is 0.852 bits per heavy atom. The lowest BCUT2D eigenvalue weighted by Crippen LogP contribution is -1.88. The molecule has 3 heterocycles. The fourth-order valence-corrected chi connectivity index (χ4v) is 3.12. The monoisotopic (exact) mass is 356 g/mol. The summed E-state index contributed by atoms with van der Waals surface area (Å²) in [6.45, 7) is 0. The van der Waals surface area contributed by atoms with E-state index >= 15 is 0 Å². The van der Waals surface area contributed by atoms with Crippen molar-refractivity contribution in [1.82, 2.24) is 24.9 Å². The van der Waals surface area contributed by atoms with Gasteiger partial charge in [-0.1, -0.05) is 24.3 Å². The average Bonchev–Trinajstić information content (AvgIpc) is 3.31. The second-order valence-corrected chi connectivity index (χ2v) is 6.07. The van der Waals surface area contributed by atoms with Crippen molar-refractivity contribution in [2.45, 2.75) is 0 Å². The highest BCUT2D eigenvalue weighted by atomic mass is 16.6. The number of nitrogens with zero attached hydrogens (tertiary/aromatic N) is 4. The number of aromatic nitrogens is 5. The van der Waals surface area contributed by atoms with E-state index in [4.69, 9.17) is 0 Å². The second kappa shape index (κ2) is 5.73. The van der Waals surface area contributed by atoms with Crippen LogP contribution in [0.5, 0.6) is 0 Å². The molecule has 8 nitrogen and oxygen atoms in total. The van der Waals surface area contributed by atoms with E-state index in [2.05, 4.69) is 24.9 Å². The van der Waals surface area contributed by atoms with Gasteiger partial charge in [-0.25, -0.2) is 9.97 Å². The third-order valence-corrected chi connectivity index (χ3v) is 4.40. The molecule has 0 aliphatic carbocycles. The minimum absolute atomic E-state index is 0.0239. The molecule has 0 spiro atoms. The van der Waals surface area contributed by atoms with E-state index in [1.807, 2.05) is 30.3 Å². The van der Waals surface area contributed by atoms with Crippen LogP contribution in [0.3, 0.4) is 0 Å². The summed E-state index contributed by atoms with van der Waals surface area (Å²) >= 11 is 0. The van der Waals surface area contributed by atoms with Crippen LogP contribution in [0.1, 0.15) is 0 Å². The van der Waals surface area contributed by atoms with Gasteiger partial charge in [-0.05, 0) is 12.1 Å². The van der Waals surface area contributed by atoms with Gasteiger partial charge >= 0.3 is 0 Å². The first-order chi connectivity index (χ1) is 13.2. The van der Waals surface area contributed by atoms with E-state index in [1.54, 1.807) is 18.5 Å². The molecule has 5 aromatic rings. The van der Waals surface area contributed by atoms with Gasteiger partial charge in [-0.2, -0.15) is 0 Å². The number of H-pyrrole nitrogens is 2. The Bertz CT molecular complexity index is 1290. The number of nitro benzene ring substituents is 1. The molecule has 27 heavy (non-hydrogen) atoms. The van der Waals surface area contributed by atoms with Crippen LogP contribution in [0.4, 0.5) is 5.69 Å². The van der Waals surface area contributed by atoms with Crippen molar-refractivity contribution in [3.8, 4) is 22.8 Å². The second-order valence-electron chi connectivity index (χ2n) is 6.07. The molecular weight excluding hydrogens is 344 g/mol. The maximum absolute atomic E-state index is 11.0. The molecule has 0 atom stereocenters. The molecule has 0 aliphatic rings. The van der Waals surface area contributed by atoms with Crippen molar-refractivity contribution in [1.29, 1.82) is 0 Å². The van der Waals surface area contributed by atoms with Gasteiger partial charge in [-0.15, -0.1) is 0 Å². The van der Waals surface area contributed by atoms with E-state index in [-0.39, 0.29) is 5.69 Å². The zero-order valence-electron chi connectivity index (χ0n) is 13.9. The molecule has 5 rings (SSSR count). The summed E-state index contributed by atoms with van der Waals surface area (Å²) < 4.78 is 0. The van der Waals surface area contributed by atoms with Gasteiger partial charge in [0, 0.05) is 29.5 Å². The maximum atomic E-state index is 11.0. The van der Waals surface area contributed by atoms with E-state index in [9.17, 15) is 10.1 Å². The van der Waals surface area contributed by atoms with Gasteiger partial charge in [0.05, 0.1) is 33.2 Å². The molecule has 0 amide bonds. The molecule has 0 unspecified atom stereocenters. The lowest BCUT2D eigenvalue weighted by Gasteiger charge is -2.04. The number of rotatable bonds is 3. The largest absolute Gasteiger partial charge is 0.338 e. The van der Waals surface area contributed by atoms with Crippen molar-refractivity contribution >= 4 is 27.8 Å². The molecule has 0 saturated carbocycles. The number of hydrogen-bond donors (Lipinski definition) is 2. The molecule has 0 radical (unpaired) electrons. The average molecular weight is 356 g/mol. The standard InChI is InChI=1S/C19H12N6O2/c26-25(27)11-5-6-14-16(9-11)23-18(21-14)12-3-1-2-4-13(12)19-22-15-7-8-20-10-17(15)24-19/h1-10H,(H,21,23)(H,22,24). The Morgan fingerprint density at radius 2 is 1.52 bits per heavy atom. The minimum Gasteiger partial charge on any atom is -0.338 e. The number of fused-ring (bicyclic) bond motifs is 2. The fraction of sp³-hybridized carbons (Fsp3) is 0. The van der Waals surface area contributed by atoms with Gasteiger partial charge in [0.15, 0.2) is 0 Å². The van der Waals surface area contributed by atoms with Crippen LogP contribution in [0, 0.1) is 10.1 Å². The summed E-state index contributed by atoms with van der Waals surface area (Å²) in [6.07, 6.45) is 3.43. The molecule has 2 N–H and O–H groups in total. The first-order valence-electron chi connectivity index (χ1n) is 8.23. The first kappa shape index (κ1) is 15.2. The van der Waals surface area contributed by atoms with E-state index in [0.717, 1.165) is 22.2 Å². The van der Waals surface area contributed by atoms with Gasteiger partial charge in [-0.3, -0.25) is 15.1 Å². The summed E-state index contributed by atoms with van der Waals surface area (Å²) in [7, 11) is 0. The highest BCUT2D eigenvalue weighted by Crippen LogP contribution is 2.31. The molecular formula is C19H12N6O2. The highest BCUT2D eigenvalue weighted by molar-refractivity contribution is 5.87. The lowest BCUT2D eigenvalue weighted by atomic mass is 10.1. The van der Waals surface area contributed by atoms with Crippen LogP contribution in [-0.4, -0.2) is 29.8 Å². The third-order valence-electron chi connectivity index (χ3n) is 4.40. The van der Waals surface area contributed by atoms with Crippen molar-refractivity contribution in [3.63, 3.8) is 0 Å². The summed E-state index contributed by atoms with van der Waals surface area (Å²) in [5.74, 6) is 1.33. The van der Waals surface area contributed by atoms with Gasteiger partial charge in [0.25, 0.3) is 5.69 Å². The van der Waals surface area contributed by atoms with Crippen molar-refractivity contribution < 1.29 is 4.92 Å². The minimum atomic E-state index is -0.420. The van der Waals surface area contributed by atoms with E-state index in [0.29, 0.717) is 22.7 Å². The summed E-state index contributed by atoms with van der Waals surface area (Å²) in [4.78, 5) is 30.4. The smallest absolute Gasteiger partial charge is 0.271 e. The number of hydrogen-bond acceptors (Lipinski definition) is 5. The Balaban J connectivity index is 1.67. The summed E-state index contributed by atoms with van der Waals surface area (Å²) in [6, 6.07) is 14.2. The third kappa shape index (κ3) is 2.51. The Kier molecular flexibility index (Phi) is 3.23. The zero-order chi connectivity index (χ0) is 18.4. The number of imidazole rings is 2. The molecule has 8 heteroatoms. The van der Waals surface area contributed by atoms with Gasteiger partial charge in [0.2, 0.25) is 0 Å². The fourth-order valence-electron chi connectivity index (χ4n) is 3.12. The van der Waals surface area contributed by atoms with Gasteiger partial charge in [0.1, 0.15) is 11.6 Å². The summed E-state index contributed by atoms with van der Waals surface area (Å²) in [5, 5.41) is 11.0. The lowest BCUT2D eigenvalue weighted by molar-refractivity contribution is -0.384. The molecule has 0 aliphatic heterocycles. The predicted octanol–water partition coefficient (Wildman–Crippen LogP) is 4.08. The van der Waals surface area contributed by atoms with Crippen LogP contribution in [0.25, 0.3) is 44.8 Å². The number of aromatic amines is 2. The zero-order valence-corrected chi connectivity index (χ0v) is 13.9. The Labute approximate surface area is 152 Å². The van der Waals surface area contributed by atoms with Crippen LogP contribution in [-0.2, 0) is 0 Å². The van der Waals surface area contributed by atoms with Crippen molar-refractivity contribution in [3.05, 3.63) is 71.0 Å². The number of non-ortho nitro benzene ring substituents is 1. The quantitative estimate of drug-likeness (QED) is 0.373. The predicted molar refractivity (Wildman–Crippen MR) is 101 cm³/mol. The SMILES string of the molecule is O=[N+]([O-])c1ccc2nc(-c3ccccc3-c3nc4ccncc4[nH]3)[nH]c2c1. The molecule has 0 bridgehead atoms. The normalized spacial score (nSPS) is 11.3. The van der Waals surface area contributed by atoms with Gasteiger partial charge < -0.3 is 9.97 Å². The maximum Gasteiger partial charge on any atom is 0.271 e. The Hall–Kier alpha value is -4.07. The highest BCUT2D eigenvalue weighted by Gasteiger charge is 2.15. The van der Waals surface area contributed by atoms with Crippen LogP contribution in [0.2, 0.25) is 0 Å². The van der Waals surface area contributed by atoms with Crippen LogP contribution in [0.15, 0.2) is 60.9 Å². The number of pyridine rings is 1. The number of benzene rings is 2. The molecule has 130 valence electrons. The molecule has 0 fully saturated rings. The topological polar surface area (TPSA) is 113 Å². The van der Waals surface area contributed by atoms with E-state index in [1.165, 1.54) is 12.1 Å².